The molecule has 0 saturated carbocycles. The van der Waals surface area contributed by atoms with Crippen molar-refractivity contribution in [2.24, 2.45) is 0 Å². The lowest BCUT2D eigenvalue weighted by atomic mass is 10.1. The monoisotopic (exact) mass is 433 g/mol. The molecule has 0 spiro atoms. The highest BCUT2D eigenvalue weighted by molar-refractivity contribution is 6.30. The second-order valence-corrected chi connectivity index (χ2v) is 7.92. The second-order valence-electron chi connectivity index (χ2n) is 7.49. The Kier molecular flexibility index (Phi) is 4.44. The van der Waals surface area contributed by atoms with Crippen molar-refractivity contribution in [2.75, 3.05) is 0 Å². The molecule has 0 amide bonds. The van der Waals surface area contributed by atoms with Crippen molar-refractivity contribution >= 4 is 33.5 Å². The second kappa shape index (κ2) is 7.59. The summed E-state index contributed by atoms with van der Waals surface area (Å²) >= 11 is 6.08. The number of rotatable bonds is 3. The van der Waals surface area contributed by atoms with Gasteiger partial charge in [0.1, 0.15) is 11.2 Å². The van der Waals surface area contributed by atoms with Gasteiger partial charge in [0.15, 0.2) is 17.5 Å². The Bertz CT molecular complexity index is 1570. The van der Waals surface area contributed by atoms with Gasteiger partial charge in [-0.2, -0.15) is 0 Å². The van der Waals surface area contributed by atoms with Crippen LogP contribution in [0.1, 0.15) is 0 Å². The van der Waals surface area contributed by atoms with E-state index in [9.17, 15) is 0 Å². The van der Waals surface area contributed by atoms with E-state index in [1.54, 1.807) is 0 Å². The molecular formula is C27H16ClN3O. The lowest BCUT2D eigenvalue weighted by Gasteiger charge is -2.08. The normalized spacial score (nSPS) is 11.3. The Morgan fingerprint density at radius 3 is 1.81 bits per heavy atom. The summed E-state index contributed by atoms with van der Waals surface area (Å²) in [5.74, 6) is 1.83. The first kappa shape index (κ1) is 18.7. The molecule has 0 aliphatic heterocycles. The van der Waals surface area contributed by atoms with Crippen LogP contribution >= 0.6 is 11.6 Å². The first-order chi connectivity index (χ1) is 15.7. The average Bonchev–Trinajstić information content (AvgIpc) is 3.23. The summed E-state index contributed by atoms with van der Waals surface area (Å²) in [6.07, 6.45) is 0. The summed E-state index contributed by atoms with van der Waals surface area (Å²) in [6, 6.07) is 31.5. The number of benzene rings is 4. The van der Waals surface area contributed by atoms with Crippen molar-refractivity contribution in [3.8, 4) is 34.2 Å². The quantitative estimate of drug-likeness (QED) is 0.291. The number of halogens is 1. The van der Waals surface area contributed by atoms with Gasteiger partial charge in [-0.3, -0.25) is 0 Å². The molecule has 6 aromatic rings. The Morgan fingerprint density at radius 1 is 0.500 bits per heavy atom. The number of para-hydroxylation sites is 1. The van der Waals surface area contributed by atoms with Gasteiger partial charge in [-0.05, 0) is 48.5 Å². The fourth-order valence-corrected chi connectivity index (χ4v) is 3.94. The molecule has 0 aliphatic carbocycles. The summed E-state index contributed by atoms with van der Waals surface area (Å²) in [5.41, 5.74) is 4.41. The van der Waals surface area contributed by atoms with Crippen molar-refractivity contribution in [1.82, 2.24) is 15.0 Å². The number of furan rings is 1. The molecule has 32 heavy (non-hydrogen) atoms. The topological polar surface area (TPSA) is 51.8 Å². The average molecular weight is 434 g/mol. The Morgan fingerprint density at radius 2 is 1.06 bits per heavy atom. The summed E-state index contributed by atoms with van der Waals surface area (Å²) < 4.78 is 5.97. The zero-order chi connectivity index (χ0) is 21.5. The molecule has 4 aromatic carbocycles. The molecule has 152 valence electrons. The van der Waals surface area contributed by atoms with Gasteiger partial charge < -0.3 is 4.42 Å². The van der Waals surface area contributed by atoms with Crippen molar-refractivity contribution < 1.29 is 4.42 Å². The van der Waals surface area contributed by atoms with Gasteiger partial charge in [0.05, 0.1) is 0 Å². The summed E-state index contributed by atoms with van der Waals surface area (Å²) in [6.45, 7) is 0. The van der Waals surface area contributed by atoms with E-state index in [1.807, 2.05) is 84.9 Å². The summed E-state index contributed by atoms with van der Waals surface area (Å²) in [7, 11) is 0. The molecule has 0 fully saturated rings. The molecular weight excluding hydrogens is 418 g/mol. The van der Waals surface area contributed by atoms with Crippen LogP contribution in [-0.2, 0) is 0 Å². The Hall–Kier alpha value is -4.02. The first-order valence-electron chi connectivity index (χ1n) is 10.2. The third-order valence-electron chi connectivity index (χ3n) is 5.40. The highest BCUT2D eigenvalue weighted by Gasteiger charge is 2.14. The van der Waals surface area contributed by atoms with Crippen LogP contribution in [0.3, 0.4) is 0 Å². The van der Waals surface area contributed by atoms with E-state index in [4.69, 9.17) is 31.0 Å². The minimum atomic E-state index is 0.600. The van der Waals surface area contributed by atoms with Crippen molar-refractivity contribution in [2.45, 2.75) is 0 Å². The summed E-state index contributed by atoms with van der Waals surface area (Å²) in [4.78, 5) is 14.4. The molecule has 4 nitrogen and oxygen atoms in total. The fraction of sp³-hybridized carbons (Fsp3) is 0. The minimum Gasteiger partial charge on any atom is -0.456 e. The number of hydrogen-bond acceptors (Lipinski definition) is 4. The number of nitrogens with zero attached hydrogens (tertiary/aromatic N) is 3. The zero-order valence-corrected chi connectivity index (χ0v) is 17.6. The van der Waals surface area contributed by atoms with E-state index >= 15 is 0 Å². The number of aromatic nitrogens is 3. The molecule has 6 rings (SSSR count). The van der Waals surface area contributed by atoms with E-state index < -0.39 is 0 Å². The molecule has 2 heterocycles. The van der Waals surface area contributed by atoms with Gasteiger partial charge >= 0.3 is 0 Å². The molecule has 2 aromatic heterocycles. The standard InChI is InChI=1S/C27H16ClN3O/c28-20-13-10-18(11-14-20)26-29-25(17-6-2-1-3-7-17)30-27(31-26)19-12-15-24-22(16-19)21-8-4-5-9-23(21)32-24/h1-16H. The third-order valence-corrected chi connectivity index (χ3v) is 5.66. The van der Waals surface area contributed by atoms with Gasteiger partial charge in [-0.1, -0.05) is 60.1 Å². The molecule has 0 aliphatic rings. The number of hydrogen-bond donors (Lipinski definition) is 0. The van der Waals surface area contributed by atoms with E-state index in [0.29, 0.717) is 22.5 Å². The van der Waals surface area contributed by atoms with Crippen molar-refractivity contribution in [3.05, 3.63) is 102 Å². The van der Waals surface area contributed by atoms with E-state index in [-0.39, 0.29) is 0 Å². The van der Waals surface area contributed by atoms with Gasteiger partial charge in [0.25, 0.3) is 0 Å². The predicted molar refractivity (Wildman–Crippen MR) is 128 cm³/mol. The van der Waals surface area contributed by atoms with Crippen LogP contribution in [0.5, 0.6) is 0 Å². The summed E-state index contributed by atoms with van der Waals surface area (Å²) in [5, 5.41) is 2.77. The lowest BCUT2D eigenvalue weighted by molar-refractivity contribution is 0.669. The Balaban J connectivity index is 1.57. The van der Waals surface area contributed by atoms with Crippen molar-refractivity contribution in [1.29, 1.82) is 0 Å². The number of fused-ring (bicyclic) bond motifs is 3. The van der Waals surface area contributed by atoms with Crippen LogP contribution in [0.4, 0.5) is 0 Å². The molecule has 0 atom stereocenters. The maximum atomic E-state index is 6.08. The van der Waals surface area contributed by atoms with Crippen LogP contribution in [-0.4, -0.2) is 15.0 Å². The zero-order valence-electron chi connectivity index (χ0n) is 16.9. The molecule has 0 N–H and O–H groups in total. The van der Waals surface area contributed by atoms with Gasteiger partial charge in [-0.25, -0.2) is 15.0 Å². The largest absolute Gasteiger partial charge is 0.456 e. The predicted octanol–water partition coefficient (Wildman–Crippen LogP) is 7.43. The van der Waals surface area contributed by atoms with Crippen LogP contribution in [0, 0.1) is 0 Å². The first-order valence-corrected chi connectivity index (χ1v) is 10.6. The SMILES string of the molecule is Clc1ccc(-c2nc(-c3ccccc3)nc(-c3ccc4oc5ccccc5c4c3)n2)cc1. The van der Waals surface area contributed by atoms with Crippen LogP contribution in [0.2, 0.25) is 5.02 Å². The van der Waals surface area contributed by atoms with Crippen LogP contribution in [0.15, 0.2) is 101 Å². The molecule has 0 bridgehead atoms. The van der Waals surface area contributed by atoms with E-state index in [0.717, 1.165) is 38.6 Å². The van der Waals surface area contributed by atoms with E-state index in [1.165, 1.54) is 0 Å². The molecule has 0 saturated heterocycles. The van der Waals surface area contributed by atoms with Crippen LogP contribution in [0.25, 0.3) is 56.1 Å². The highest BCUT2D eigenvalue weighted by atomic mass is 35.5. The smallest absolute Gasteiger partial charge is 0.164 e. The maximum absolute atomic E-state index is 6.08. The van der Waals surface area contributed by atoms with Gasteiger partial charge in [0, 0.05) is 32.5 Å². The highest BCUT2D eigenvalue weighted by Crippen LogP contribution is 2.32. The molecule has 0 radical (unpaired) electrons. The third kappa shape index (κ3) is 3.31. The molecule has 5 heteroatoms. The fourth-order valence-electron chi connectivity index (χ4n) is 3.81. The Labute approximate surface area is 189 Å². The van der Waals surface area contributed by atoms with Crippen molar-refractivity contribution in [3.63, 3.8) is 0 Å². The molecule has 0 unspecified atom stereocenters. The van der Waals surface area contributed by atoms with Gasteiger partial charge in [-0.15, -0.1) is 0 Å². The van der Waals surface area contributed by atoms with Crippen LogP contribution < -0.4 is 0 Å². The lowest BCUT2D eigenvalue weighted by Crippen LogP contribution is -2.00. The van der Waals surface area contributed by atoms with Gasteiger partial charge in [0.2, 0.25) is 0 Å². The maximum Gasteiger partial charge on any atom is 0.164 e. The minimum absolute atomic E-state index is 0.600. The van der Waals surface area contributed by atoms with E-state index in [2.05, 4.69) is 12.1 Å².